The standard InChI is InChI=1S/C11H15NO2S.2C2H6/c1-10-2-4-11(5-3-10)15(13)12-6-8-14-9-7-12;2*1-2/h2-5H,6-9H2,1H3;2*1-2H3. The fourth-order valence-electron chi connectivity index (χ4n) is 1.52. The van der Waals surface area contributed by atoms with Crippen molar-refractivity contribution in [1.29, 1.82) is 0 Å². The van der Waals surface area contributed by atoms with E-state index in [1.807, 2.05) is 63.2 Å². The van der Waals surface area contributed by atoms with Gasteiger partial charge in [-0.2, -0.15) is 0 Å². The molecule has 1 atom stereocenters. The summed E-state index contributed by atoms with van der Waals surface area (Å²) in [5, 5.41) is 0. The number of hydrogen-bond donors (Lipinski definition) is 0. The van der Waals surface area contributed by atoms with Crippen LogP contribution < -0.4 is 0 Å². The zero-order chi connectivity index (χ0) is 14.7. The number of morpholine rings is 1. The minimum absolute atomic E-state index is 0.678. The predicted molar refractivity (Wildman–Crippen MR) is 82.7 cm³/mol. The Morgan fingerprint density at radius 2 is 1.47 bits per heavy atom. The minimum atomic E-state index is -1.02. The van der Waals surface area contributed by atoms with Gasteiger partial charge >= 0.3 is 0 Å². The van der Waals surface area contributed by atoms with Crippen molar-refractivity contribution < 1.29 is 8.95 Å². The first-order chi connectivity index (χ1) is 9.27. The second kappa shape index (κ2) is 11.1. The molecule has 4 heteroatoms. The molecule has 1 aromatic carbocycles. The summed E-state index contributed by atoms with van der Waals surface area (Å²) in [6, 6.07) is 7.85. The number of ether oxygens (including phenoxy) is 1. The van der Waals surface area contributed by atoms with Gasteiger partial charge in [-0.25, -0.2) is 8.51 Å². The quantitative estimate of drug-likeness (QED) is 0.833. The van der Waals surface area contributed by atoms with Crippen LogP contribution in [-0.4, -0.2) is 34.8 Å². The van der Waals surface area contributed by atoms with Crippen LogP contribution in [0.15, 0.2) is 29.2 Å². The zero-order valence-corrected chi connectivity index (χ0v) is 13.6. The first-order valence-corrected chi connectivity index (χ1v) is 8.19. The fourth-order valence-corrected chi connectivity index (χ4v) is 2.66. The molecule has 1 aromatic rings. The molecule has 1 fully saturated rings. The Labute approximate surface area is 120 Å². The van der Waals surface area contributed by atoms with Crippen molar-refractivity contribution in [2.75, 3.05) is 26.3 Å². The molecule has 1 aliphatic heterocycles. The number of aryl methyl sites for hydroxylation is 1. The van der Waals surface area contributed by atoms with E-state index in [0.29, 0.717) is 13.2 Å². The van der Waals surface area contributed by atoms with E-state index in [9.17, 15) is 4.21 Å². The molecule has 19 heavy (non-hydrogen) atoms. The summed E-state index contributed by atoms with van der Waals surface area (Å²) >= 11 is 0. The molecule has 0 aromatic heterocycles. The molecule has 0 N–H and O–H groups in total. The third-order valence-electron chi connectivity index (χ3n) is 2.43. The summed E-state index contributed by atoms with van der Waals surface area (Å²) in [6.07, 6.45) is 0. The van der Waals surface area contributed by atoms with Gasteiger partial charge in [0, 0.05) is 13.1 Å². The average Bonchev–Trinajstić information content (AvgIpc) is 2.52. The fraction of sp³-hybridized carbons (Fsp3) is 0.600. The van der Waals surface area contributed by atoms with Crippen LogP contribution in [0, 0.1) is 6.92 Å². The van der Waals surface area contributed by atoms with E-state index < -0.39 is 11.0 Å². The van der Waals surface area contributed by atoms with Gasteiger partial charge in [-0.1, -0.05) is 45.4 Å². The summed E-state index contributed by atoms with van der Waals surface area (Å²) in [4.78, 5) is 0.877. The lowest BCUT2D eigenvalue weighted by atomic mass is 10.2. The summed E-state index contributed by atoms with van der Waals surface area (Å²) < 4.78 is 19.3. The highest BCUT2D eigenvalue weighted by atomic mass is 32.2. The molecular formula is C15H27NO2S. The molecule has 1 heterocycles. The van der Waals surface area contributed by atoms with Crippen molar-refractivity contribution in [3.8, 4) is 0 Å². The molecule has 0 saturated carbocycles. The largest absolute Gasteiger partial charge is 0.379 e. The van der Waals surface area contributed by atoms with E-state index in [-0.39, 0.29) is 0 Å². The van der Waals surface area contributed by atoms with Gasteiger partial charge in [0.05, 0.1) is 18.1 Å². The van der Waals surface area contributed by atoms with Crippen molar-refractivity contribution in [2.45, 2.75) is 39.5 Å². The Hall–Kier alpha value is -0.710. The Balaban J connectivity index is 0.000000741. The van der Waals surface area contributed by atoms with Crippen LogP contribution in [0.5, 0.6) is 0 Å². The molecule has 0 aliphatic carbocycles. The molecule has 110 valence electrons. The van der Waals surface area contributed by atoms with Gasteiger partial charge in [-0.3, -0.25) is 0 Å². The highest BCUT2D eigenvalue weighted by Gasteiger charge is 2.17. The second-order valence-corrected chi connectivity index (χ2v) is 5.09. The summed E-state index contributed by atoms with van der Waals surface area (Å²) in [7, 11) is -1.02. The van der Waals surface area contributed by atoms with Crippen molar-refractivity contribution in [1.82, 2.24) is 4.31 Å². The maximum Gasteiger partial charge on any atom is 0.127 e. The normalized spacial score (nSPS) is 16.5. The van der Waals surface area contributed by atoms with Crippen LogP contribution in [0.25, 0.3) is 0 Å². The van der Waals surface area contributed by atoms with Gasteiger partial charge in [0.2, 0.25) is 0 Å². The zero-order valence-electron chi connectivity index (χ0n) is 12.8. The van der Waals surface area contributed by atoms with Gasteiger partial charge in [-0.05, 0) is 19.1 Å². The predicted octanol–water partition coefficient (Wildman–Crippen LogP) is 3.40. The average molecular weight is 285 g/mol. The van der Waals surface area contributed by atoms with E-state index in [1.165, 1.54) is 5.56 Å². The monoisotopic (exact) mass is 285 g/mol. The van der Waals surface area contributed by atoms with Gasteiger partial charge in [0.1, 0.15) is 11.0 Å². The van der Waals surface area contributed by atoms with Crippen LogP contribution in [0.3, 0.4) is 0 Å². The van der Waals surface area contributed by atoms with Gasteiger partial charge in [-0.15, -0.1) is 0 Å². The van der Waals surface area contributed by atoms with E-state index in [0.717, 1.165) is 18.0 Å². The minimum Gasteiger partial charge on any atom is -0.379 e. The third-order valence-corrected chi connectivity index (χ3v) is 3.94. The molecule has 0 spiro atoms. The molecule has 3 nitrogen and oxygen atoms in total. The summed E-state index contributed by atoms with van der Waals surface area (Å²) in [6.45, 7) is 12.9. The lowest BCUT2D eigenvalue weighted by Crippen LogP contribution is -2.37. The number of benzene rings is 1. The second-order valence-electron chi connectivity index (χ2n) is 3.60. The summed E-state index contributed by atoms with van der Waals surface area (Å²) in [5.41, 5.74) is 1.19. The molecule has 1 saturated heterocycles. The molecule has 2 rings (SSSR count). The van der Waals surface area contributed by atoms with E-state index in [2.05, 4.69) is 0 Å². The lowest BCUT2D eigenvalue weighted by Gasteiger charge is -2.25. The van der Waals surface area contributed by atoms with Crippen molar-refractivity contribution in [2.24, 2.45) is 0 Å². The smallest absolute Gasteiger partial charge is 0.127 e. The topological polar surface area (TPSA) is 29.5 Å². The molecular weight excluding hydrogens is 258 g/mol. The van der Waals surface area contributed by atoms with E-state index in [4.69, 9.17) is 4.74 Å². The van der Waals surface area contributed by atoms with Crippen LogP contribution >= 0.6 is 0 Å². The molecule has 0 radical (unpaired) electrons. The Kier molecular flexibility index (Phi) is 10.7. The Bertz CT molecular complexity index is 346. The molecule has 0 bridgehead atoms. The highest BCUT2D eigenvalue weighted by molar-refractivity contribution is 7.82. The number of hydrogen-bond acceptors (Lipinski definition) is 2. The van der Waals surface area contributed by atoms with Crippen LogP contribution in [-0.2, 0) is 15.7 Å². The van der Waals surface area contributed by atoms with E-state index >= 15 is 0 Å². The maximum atomic E-state index is 12.1. The highest BCUT2D eigenvalue weighted by Crippen LogP contribution is 2.13. The molecule has 1 unspecified atom stereocenters. The van der Waals surface area contributed by atoms with Crippen molar-refractivity contribution in [3.05, 3.63) is 29.8 Å². The first-order valence-electron chi connectivity index (χ1n) is 7.08. The van der Waals surface area contributed by atoms with Gasteiger partial charge < -0.3 is 4.74 Å². The van der Waals surface area contributed by atoms with E-state index in [1.54, 1.807) is 0 Å². The number of nitrogens with zero attached hydrogens (tertiary/aromatic N) is 1. The lowest BCUT2D eigenvalue weighted by molar-refractivity contribution is 0.0752. The SMILES string of the molecule is CC.CC.Cc1ccc(S(=O)N2CCOCC2)cc1. The van der Waals surface area contributed by atoms with Crippen LogP contribution in [0.1, 0.15) is 33.3 Å². The first kappa shape index (κ1) is 18.3. The Morgan fingerprint density at radius 3 is 1.95 bits per heavy atom. The summed E-state index contributed by atoms with van der Waals surface area (Å²) in [5.74, 6) is 0. The van der Waals surface area contributed by atoms with Gasteiger partial charge in [0.15, 0.2) is 0 Å². The maximum absolute atomic E-state index is 12.1. The third kappa shape index (κ3) is 6.32. The van der Waals surface area contributed by atoms with Crippen LogP contribution in [0.4, 0.5) is 0 Å². The van der Waals surface area contributed by atoms with Gasteiger partial charge in [0.25, 0.3) is 0 Å². The molecule has 1 aliphatic rings. The molecule has 0 amide bonds. The van der Waals surface area contributed by atoms with Crippen molar-refractivity contribution >= 4 is 11.0 Å². The number of rotatable bonds is 2. The van der Waals surface area contributed by atoms with Crippen molar-refractivity contribution in [3.63, 3.8) is 0 Å². The van der Waals surface area contributed by atoms with Crippen LogP contribution in [0.2, 0.25) is 0 Å². The Morgan fingerprint density at radius 1 is 1.00 bits per heavy atom.